The van der Waals surface area contributed by atoms with Gasteiger partial charge in [-0.1, -0.05) is 44.2 Å². The van der Waals surface area contributed by atoms with Gasteiger partial charge in [0.25, 0.3) is 0 Å². The highest BCUT2D eigenvalue weighted by molar-refractivity contribution is 5.80. The number of ether oxygens (including phenoxy) is 1. The molecule has 164 valence electrons. The zero-order valence-corrected chi connectivity index (χ0v) is 18.8. The van der Waals surface area contributed by atoms with Crippen molar-refractivity contribution in [2.24, 2.45) is 16.3 Å². The molecule has 0 spiro atoms. The first-order valence-electron chi connectivity index (χ1n) is 12.0. The highest BCUT2D eigenvalue weighted by Crippen LogP contribution is 2.52. The minimum Gasteiger partial charge on any atom is -0.377 e. The van der Waals surface area contributed by atoms with Gasteiger partial charge in [-0.2, -0.15) is 0 Å². The summed E-state index contributed by atoms with van der Waals surface area (Å²) in [5.41, 5.74) is 1.62. The van der Waals surface area contributed by atoms with Gasteiger partial charge in [-0.25, -0.2) is 0 Å². The Morgan fingerprint density at radius 2 is 1.83 bits per heavy atom. The van der Waals surface area contributed by atoms with Crippen molar-refractivity contribution in [1.82, 2.24) is 15.5 Å². The van der Waals surface area contributed by atoms with Crippen LogP contribution < -0.4 is 10.6 Å². The molecular formula is C25H38N4O. The van der Waals surface area contributed by atoms with E-state index in [1.165, 1.54) is 37.7 Å². The van der Waals surface area contributed by atoms with Gasteiger partial charge in [0.05, 0.1) is 6.10 Å². The lowest BCUT2D eigenvalue weighted by Gasteiger charge is -2.55. The average molecular weight is 411 g/mol. The Morgan fingerprint density at radius 1 is 1.10 bits per heavy atom. The quantitative estimate of drug-likeness (QED) is 0.576. The van der Waals surface area contributed by atoms with Crippen LogP contribution in [0.4, 0.5) is 0 Å². The second-order valence-electron chi connectivity index (χ2n) is 10.4. The van der Waals surface area contributed by atoms with Gasteiger partial charge >= 0.3 is 0 Å². The minimum atomic E-state index is 0.176. The van der Waals surface area contributed by atoms with Crippen molar-refractivity contribution in [3.05, 3.63) is 35.9 Å². The molecule has 2 bridgehead atoms. The van der Waals surface area contributed by atoms with Gasteiger partial charge in [-0.3, -0.25) is 9.89 Å². The second-order valence-corrected chi connectivity index (χ2v) is 10.4. The number of aliphatic imine (C=N–C) groups is 1. The van der Waals surface area contributed by atoms with Crippen molar-refractivity contribution in [2.45, 2.75) is 89.7 Å². The van der Waals surface area contributed by atoms with Crippen molar-refractivity contribution in [3.63, 3.8) is 0 Å². The fourth-order valence-electron chi connectivity index (χ4n) is 6.69. The van der Waals surface area contributed by atoms with E-state index >= 15 is 0 Å². The normalized spacial score (nSPS) is 37.5. The fraction of sp³-hybridized carbons (Fsp3) is 0.720. The zero-order chi connectivity index (χ0) is 20.7. The topological polar surface area (TPSA) is 48.9 Å². The summed E-state index contributed by atoms with van der Waals surface area (Å²) in [5, 5.41) is 7.64. The van der Waals surface area contributed by atoms with E-state index in [-0.39, 0.29) is 5.41 Å². The molecule has 5 rings (SSSR count). The minimum absolute atomic E-state index is 0.176. The van der Waals surface area contributed by atoms with Crippen LogP contribution in [0.15, 0.2) is 35.3 Å². The first kappa shape index (κ1) is 20.3. The number of piperidine rings is 1. The van der Waals surface area contributed by atoms with Gasteiger partial charge in [-0.05, 0) is 44.6 Å². The van der Waals surface area contributed by atoms with E-state index in [4.69, 9.17) is 9.73 Å². The Hall–Kier alpha value is -1.59. The van der Waals surface area contributed by atoms with Crippen LogP contribution in [0.3, 0.4) is 0 Å². The third kappa shape index (κ3) is 3.64. The number of hydrogen-bond donors (Lipinski definition) is 2. The molecule has 0 amide bonds. The number of rotatable bonds is 5. The molecule has 0 aromatic heterocycles. The molecule has 2 N–H and O–H groups in total. The number of nitrogens with one attached hydrogen (secondary N) is 2. The lowest BCUT2D eigenvalue weighted by molar-refractivity contribution is -0.107. The van der Waals surface area contributed by atoms with Crippen molar-refractivity contribution >= 4 is 5.96 Å². The van der Waals surface area contributed by atoms with Crippen LogP contribution in [0.2, 0.25) is 0 Å². The van der Waals surface area contributed by atoms with Crippen LogP contribution >= 0.6 is 0 Å². The SMILES string of the molecule is CCN=C(NC1CC2CCC(C1)N2Cc1ccccc1)NC1C2CCOC2C1(C)C. The molecule has 0 radical (unpaired) electrons. The smallest absolute Gasteiger partial charge is 0.191 e. The van der Waals surface area contributed by atoms with E-state index in [0.29, 0.717) is 36.2 Å². The van der Waals surface area contributed by atoms with Gasteiger partial charge in [0.1, 0.15) is 0 Å². The molecule has 3 heterocycles. The number of guanidine groups is 1. The van der Waals surface area contributed by atoms with Gasteiger partial charge in [0.15, 0.2) is 5.96 Å². The van der Waals surface area contributed by atoms with E-state index < -0.39 is 0 Å². The largest absolute Gasteiger partial charge is 0.377 e. The summed E-state index contributed by atoms with van der Waals surface area (Å²) in [6, 6.07) is 13.3. The van der Waals surface area contributed by atoms with Crippen LogP contribution in [0.1, 0.15) is 58.4 Å². The summed E-state index contributed by atoms with van der Waals surface area (Å²) in [6.45, 7) is 9.62. The molecule has 1 aromatic carbocycles. The van der Waals surface area contributed by atoms with Gasteiger partial charge in [0, 0.05) is 55.2 Å². The fourth-order valence-corrected chi connectivity index (χ4v) is 6.69. The summed E-state index contributed by atoms with van der Waals surface area (Å²) < 4.78 is 5.98. The number of fused-ring (bicyclic) bond motifs is 3. The van der Waals surface area contributed by atoms with Crippen molar-refractivity contribution in [2.75, 3.05) is 13.2 Å². The van der Waals surface area contributed by atoms with Crippen molar-refractivity contribution in [3.8, 4) is 0 Å². The second kappa shape index (κ2) is 8.16. The molecule has 5 atom stereocenters. The number of nitrogens with zero attached hydrogens (tertiary/aromatic N) is 2. The third-order valence-corrected chi connectivity index (χ3v) is 8.14. The van der Waals surface area contributed by atoms with Crippen LogP contribution in [0, 0.1) is 11.3 Å². The molecule has 5 unspecified atom stereocenters. The van der Waals surface area contributed by atoms with Crippen LogP contribution in [0.25, 0.3) is 0 Å². The predicted molar refractivity (Wildman–Crippen MR) is 121 cm³/mol. The van der Waals surface area contributed by atoms with Gasteiger partial charge in [0.2, 0.25) is 0 Å². The van der Waals surface area contributed by atoms with Crippen molar-refractivity contribution in [1.29, 1.82) is 0 Å². The van der Waals surface area contributed by atoms with Crippen LogP contribution in [-0.4, -0.2) is 54.3 Å². The van der Waals surface area contributed by atoms with E-state index in [1.54, 1.807) is 0 Å². The van der Waals surface area contributed by atoms with E-state index in [0.717, 1.165) is 25.7 Å². The zero-order valence-electron chi connectivity index (χ0n) is 18.8. The summed E-state index contributed by atoms with van der Waals surface area (Å²) in [4.78, 5) is 7.57. The molecule has 4 aliphatic rings. The summed E-state index contributed by atoms with van der Waals surface area (Å²) in [5.74, 6) is 1.65. The standard InChI is InChI=1S/C25H38N4O/c1-4-26-24(28-22-21-12-13-30-23(21)25(22,2)3)27-18-14-19-10-11-20(15-18)29(19)16-17-8-6-5-7-9-17/h5-9,18-23H,4,10-16H2,1-3H3,(H2,26,27,28). The molecule has 1 aromatic rings. The van der Waals surface area contributed by atoms with E-state index in [1.807, 2.05) is 0 Å². The Kier molecular flexibility index (Phi) is 5.53. The third-order valence-electron chi connectivity index (χ3n) is 8.14. The Bertz CT molecular complexity index is 750. The summed E-state index contributed by atoms with van der Waals surface area (Å²) >= 11 is 0. The average Bonchev–Trinajstić information content (AvgIpc) is 3.28. The highest BCUT2D eigenvalue weighted by Gasteiger charge is 2.59. The molecule has 30 heavy (non-hydrogen) atoms. The van der Waals surface area contributed by atoms with Crippen LogP contribution in [-0.2, 0) is 11.3 Å². The monoisotopic (exact) mass is 410 g/mol. The maximum atomic E-state index is 5.98. The van der Waals surface area contributed by atoms with Crippen molar-refractivity contribution < 1.29 is 4.74 Å². The molecule has 1 saturated carbocycles. The highest BCUT2D eigenvalue weighted by atomic mass is 16.5. The maximum absolute atomic E-state index is 5.98. The number of hydrogen-bond acceptors (Lipinski definition) is 3. The maximum Gasteiger partial charge on any atom is 0.191 e. The molecule has 5 heteroatoms. The molecule has 4 fully saturated rings. The van der Waals surface area contributed by atoms with Crippen LogP contribution in [0.5, 0.6) is 0 Å². The first-order valence-corrected chi connectivity index (χ1v) is 12.0. The molecule has 3 aliphatic heterocycles. The number of benzene rings is 1. The molecular weight excluding hydrogens is 372 g/mol. The Labute approximate surface area is 181 Å². The van der Waals surface area contributed by atoms with E-state index in [2.05, 4.69) is 66.6 Å². The first-order chi connectivity index (χ1) is 14.6. The van der Waals surface area contributed by atoms with E-state index in [9.17, 15) is 0 Å². The molecule has 1 aliphatic carbocycles. The predicted octanol–water partition coefficient (Wildman–Crippen LogP) is 3.55. The molecule has 5 nitrogen and oxygen atoms in total. The Morgan fingerprint density at radius 3 is 2.53 bits per heavy atom. The summed E-state index contributed by atoms with van der Waals surface area (Å²) in [7, 11) is 0. The summed E-state index contributed by atoms with van der Waals surface area (Å²) in [6.07, 6.45) is 6.69. The lowest BCUT2D eigenvalue weighted by Crippen LogP contribution is -2.68. The Balaban J connectivity index is 1.21. The lowest BCUT2D eigenvalue weighted by atomic mass is 9.57. The van der Waals surface area contributed by atoms with Gasteiger partial charge in [-0.15, -0.1) is 0 Å². The van der Waals surface area contributed by atoms with Gasteiger partial charge < -0.3 is 15.4 Å². The molecule has 3 saturated heterocycles.